The fraction of sp³-hybridized carbons (Fsp3) is 0.714. The molecule has 8 nitrogen and oxygen atoms in total. The number of aliphatic hydroxyl groups is 2. The molecule has 4 aliphatic carbocycles. The summed E-state index contributed by atoms with van der Waals surface area (Å²) in [4.78, 5) is 50.7. The van der Waals surface area contributed by atoms with Crippen LogP contribution in [0, 0.1) is 28.6 Å². The maximum Gasteiger partial charge on any atom is 0.306 e. The van der Waals surface area contributed by atoms with Crippen LogP contribution in [0.4, 0.5) is 0 Å². The van der Waals surface area contributed by atoms with Gasteiger partial charge in [0.05, 0.1) is 16.5 Å². The Balaban J connectivity index is 1.86. The minimum Gasteiger partial charge on any atom is -0.457 e. The van der Waals surface area contributed by atoms with Gasteiger partial charge in [0.1, 0.15) is 0 Å². The van der Waals surface area contributed by atoms with Crippen LogP contribution in [0.15, 0.2) is 23.8 Å². The second-order valence-corrected chi connectivity index (χ2v) is 12.7. The van der Waals surface area contributed by atoms with Gasteiger partial charge < -0.3 is 19.7 Å². The van der Waals surface area contributed by atoms with E-state index in [1.54, 1.807) is 26.8 Å². The molecular formula is C28H37BrO8. The highest BCUT2D eigenvalue weighted by molar-refractivity contribution is 9.10. The predicted molar refractivity (Wildman–Crippen MR) is 137 cm³/mol. The quantitative estimate of drug-likeness (QED) is 0.362. The molecule has 0 aliphatic heterocycles. The lowest BCUT2D eigenvalue weighted by atomic mass is 9.45. The van der Waals surface area contributed by atoms with E-state index in [4.69, 9.17) is 9.47 Å². The number of hydrogen-bond acceptors (Lipinski definition) is 8. The summed E-state index contributed by atoms with van der Waals surface area (Å²) in [5, 5.41) is 23.8. The molecule has 0 heterocycles. The Hall–Kier alpha value is -1.84. The van der Waals surface area contributed by atoms with Crippen molar-refractivity contribution in [3.8, 4) is 0 Å². The van der Waals surface area contributed by atoms with Crippen LogP contribution in [0.2, 0.25) is 0 Å². The van der Waals surface area contributed by atoms with Crippen molar-refractivity contribution < 1.29 is 38.9 Å². The van der Waals surface area contributed by atoms with Crippen molar-refractivity contribution in [3.63, 3.8) is 0 Å². The zero-order chi connectivity index (χ0) is 27.6. The third-order valence-corrected chi connectivity index (χ3v) is 11.8. The van der Waals surface area contributed by atoms with Crippen molar-refractivity contribution in [2.75, 3.05) is 6.61 Å². The fourth-order valence-corrected chi connectivity index (χ4v) is 9.17. The second kappa shape index (κ2) is 9.42. The van der Waals surface area contributed by atoms with E-state index < -0.39 is 63.2 Å². The number of halogens is 1. The maximum atomic E-state index is 13.9. The van der Waals surface area contributed by atoms with Crippen LogP contribution in [0.3, 0.4) is 0 Å². The summed E-state index contributed by atoms with van der Waals surface area (Å²) in [7, 11) is 0. The van der Waals surface area contributed by atoms with Crippen LogP contribution in [0.5, 0.6) is 0 Å². The van der Waals surface area contributed by atoms with E-state index in [1.165, 1.54) is 6.08 Å². The zero-order valence-corrected chi connectivity index (χ0v) is 23.7. The first-order valence-electron chi connectivity index (χ1n) is 13.2. The molecule has 0 saturated heterocycles. The normalized spacial score (nSPS) is 44.3. The van der Waals surface area contributed by atoms with Crippen LogP contribution in [-0.4, -0.2) is 62.5 Å². The SMILES string of the molecule is CCC(=O)OCC(=O)[C@@]1(OC(=O)CC)[C@@H](C)C[C@H]2C3CCC4=CC(=O)C=C[C@]4(C)[C@@]3(Br)[C@@H](O)[C@@H](O)[C@@]21C. The van der Waals surface area contributed by atoms with Gasteiger partial charge in [-0.2, -0.15) is 0 Å². The van der Waals surface area contributed by atoms with E-state index in [2.05, 4.69) is 15.9 Å². The van der Waals surface area contributed by atoms with Crippen molar-refractivity contribution in [2.24, 2.45) is 28.6 Å². The number of Topliss-reactive ketones (excluding diaryl/α,β-unsaturated/α-hetero) is 1. The summed E-state index contributed by atoms with van der Waals surface area (Å²) in [6.07, 6.45) is 3.90. The summed E-state index contributed by atoms with van der Waals surface area (Å²) in [6, 6.07) is 0. The Kier molecular flexibility index (Phi) is 7.17. The van der Waals surface area contributed by atoms with Crippen molar-refractivity contribution in [1.82, 2.24) is 0 Å². The number of carbonyl (C=O) groups excluding carboxylic acids is 4. The monoisotopic (exact) mass is 580 g/mol. The Morgan fingerprint density at radius 3 is 2.35 bits per heavy atom. The number of ketones is 2. The van der Waals surface area contributed by atoms with E-state index >= 15 is 0 Å². The Morgan fingerprint density at radius 2 is 1.73 bits per heavy atom. The van der Waals surface area contributed by atoms with Crippen LogP contribution >= 0.6 is 15.9 Å². The first-order valence-corrected chi connectivity index (χ1v) is 13.9. The van der Waals surface area contributed by atoms with Gasteiger partial charge in [0, 0.05) is 29.6 Å². The third-order valence-electron chi connectivity index (χ3n) is 9.96. The summed E-state index contributed by atoms with van der Waals surface area (Å²) in [5.74, 6) is -2.89. The molecule has 204 valence electrons. The van der Waals surface area contributed by atoms with Crippen LogP contribution in [0.1, 0.15) is 66.7 Å². The van der Waals surface area contributed by atoms with Gasteiger partial charge in [-0.05, 0) is 43.3 Å². The highest BCUT2D eigenvalue weighted by Gasteiger charge is 2.79. The standard InChI is InChI=1S/C28H37BrO8/c1-6-21(32)36-14-20(31)28(37-22(33)7-2)15(3)12-19-18-9-8-16-13-17(30)10-11-25(16,4)27(18,29)24(35)23(34)26(19,28)5/h10-11,13,15,18-19,23-24,34-35H,6-9,12,14H2,1-5H3/t15-,18?,19-,23+,24-,25-,26+,27-,28-/m0/s1. The summed E-state index contributed by atoms with van der Waals surface area (Å²) in [5.41, 5.74) is -3.00. The first-order chi connectivity index (χ1) is 17.2. The third kappa shape index (κ3) is 3.59. The van der Waals surface area contributed by atoms with E-state index in [0.717, 1.165) is 5.57 Å². The van der Waals surface area contributed by atoms with Crippen molar-refractivity contribution in [2.45, 2.75) is 88.9 Å². The lowest BCUT2D eigenvalue weighted by Crippen LogP contribution is -2.75. The second-order valence-electron chi connectivity index (χ2n) is 11.4. The van der Waals surface area contributed by atoms with Gasteiger partial charge in [-0.1, -0.05) is 62.2 Å². The maximum absolute atomic E-state index is 13.9. The van der Waals surface area contributed by atoms with Crippen LogP contribution in [-0.2, 0) is 28.7 Å². The number of esters is 2. The molecule has 9 atom stereocenters. The van der Waals surface area contributed by atoms with Gasteiger partial charge in [-0.25, -0.2) is 0 Å². The van der Waals surface area contributed by atoms with Crippen molar-refractivity contribution in [3.05, 3.63) is 23.8 Å². The van der Waals surface area contributed by atoms with Crippen molar-refractivity contribution in [1.29, 1.82) is 0 Å². The number of hydrogen-bond donors (Lipinski definition) is 2. The lowest BCUT2D eigenvalue weighted by molar-refractivity contribution is -0.234. The molecule has 9 heteroatoms. The molecule has 0 bridgehead atoms. The van der Waals surface area contributed by atoms with Gasteiger partial charge in [-0.3, -0.25) is 19.2 Å². The smallest absolute Gasteiger partial charge is 0.306 e. The predicted octanol–water partition coefficient (Wildman–Crippen LogP) is 3.21. The molecular weight excluding hydrogens is 544 g/mol. The molecule has 0 aromatic rings. The zero-order valence-electron chi connectivity index (χ0n) is 22.1. The number of allylic oxidation sites excluding steroid dienone is 4. The number of aliphatic hydroxyl groups excluding tert-OH is 2. The molecule has 0 amide bonds. The number of carbonyl (C=O) groups is 4. The Bertz CT molecular complexity index is 1080. The largest absolute Gasteiger partial charge is 0.457 e. The molecule has 0 radical (unpaired) electrons. The average Bonchev–Trinajstić information content (AvgIpc) is 3.10. The van der Waals surface area contributed by atoms with Crippen LogP contribution in [0.25, 0.3) is 0 Å². The van der Waals surface area contributed by atoms with Gasteiger partial charge in [0.25, 0.3) is 0 Å². The molecule has 0 spiro atoms. The minimum atomic E-state index is -1.79. The summed E-state index contributed by atoms with van der Waals surface area (Å²) >= 11 is 3.90. The molecule has 2 N–H and O–H groups in total. The van der Waals surface area contributed by atoms with Gasteiger partial charge >= 0.3 is 11.9 Å². The molecule has 37 heavy (non-hydrogen) atoms. The average molecular weight is 582 g/mol. The topological polar surface area (TPSA) is 127 Å². The van der Waals surface area contributed by atoms with E-state index in [9.17, 15) is 29.4 Å². The van der Waals surface area contributed by atoms with E-state index in [-0.39, 0.29) is 30.5 Å². The molecule has 0 aromatic carbocycles. The van der Waals surface area contributed by atoms with E-state index in [0.29, 0.717) is 19.3 Å². The lowest BCUT2D eigenvalue weighted by Gasteiger charge is -2.65. The number of alkyl halides is 1. The molecule has 3 fully saturated rings. The highest BCUT2D eigenvalue weighted by Crippen LogP contribution is 2.72. The Morgan fingerprint density at radius 1 is 1.08 bits per heavy atom. The number of rotatable bonds is 6. The molecule has 3 saturated carbocycles. The number of ether oxygens (including phenoxy) is 2. The number of fused-ring (bicyclic) bond motifs is 5. The molecule has 4 rings (SSSR count). The van der Waals surface area contributed by atoms with Crippen molar-refractivity contribution >= 4 is 39.4 Å². The highest BCUT2D eigenvalue weighted by atomic mass is 79.9. The fourth-order valence-electron chi connectivity index (χ4n) is 7.98. The minimum absolute atomic E-state index is 0.0206. The molecule has 0 aromatic heterocycles. The van der Waals surface area contributed by atoms with Gasteiger partial charge in [0.15, 0.2) is 18.0 Å². The van der Waals surface area contributed by atoms with Crippen LogP contribution < -0.4 is 0 Å². The molecule has 4 aliphatic rings. The molecule has 1 unspecified atom stereocenters. The van der Waals surface area contributed by atoms with E-state index in [1.807, 2.05) is 19.9 Å². The summed E-state index contributed by atoms with van der Waals surface area (Å²) < 4.78 is 10.2. The summed E-state index contributed by atoms with van der Waals surface area (Å²) in [6.45, 7) is 8.15. The van der Waals surface area contributed by atoms with Gasteiger partial charge in [0.2, 0.25) is 5.78 Å². The Labute approximate surface area is 226 Å². The van der Waals surface area contributed by atoms with Gasteiger partial charge in [-0.15, -0.1) is 0 Å². The first kappa shape index (κ1) is 28.2.